The quantitative estimate of drug-likeness (QED) is 0.594. The lowest BCUT2D eigenvalue weighted by Gasteiger charge is -2.33. The third kappa shape index (κ3) is 1.90. The predicted molar refractivity (Wildman–Crippen MR) is 65.8 cm³/mol. The molecule has 1 aromatic rings. The minimum atomic E-state index is -0.538. The maximum absolute atomic E-state index is 12.0. The minimum Gasteiger partial charge on any atom is -0.478 e. The average molecular weight is 250 g/mol. The van der Waals surface area contributed by atoms with Crippen molar-refractivity contribution >= 4 is 17.3 Å². The number of nitrogens with zero attached hydrogens (tertiary/aromatic N) is 2. The lowest BCUT2D eigenvalue weighted by molar-refractivity contribution is -0.384. The van der Waals surface area contributed by atoms with Gasteiger partial charge in [-0.2, -0.15) is 0 Å². The number of nitro groups is 1. The Hall–Kier alpha value is -2.11. The first-order chi connectivity index (χ1) is 8.41. The molecule has 0 radical (unpaired) electrons. The standard InChI is InChI=1S/C12H14N2O4/c1-7(2)11-12(15)13(3)9-6-8(14(16)17)4-5-10(9)18-11/h4-7,11H,1-3H3. The first-order valence-corrected chi connectivity index (χ1v) is 5.64. The van der Waals surface area contributed by atoms with Crippen molar-refractivity contribution in [2.75, 3.05) is 11.9 Å². The second-order valence-corrected chi connectivity index (χ2v) is 4.59. The van der Waals surface area contributed by atoms with Crippen LogP contribution in [0.5, 0.6) is 5.75 Å². The molecule has 1 unspecified atom stereocenters. The van der Waals surface area contributed by atoms with Crippen molar-refractivity contribution in [1.82, 2.24) is 0 Å². The topological polar surface area (TPSA) is 72.7 Å². The van der Waals surface area contributed by atoms with Crippen LogP contribution < -0.4 is 9.64 Å². The number of carbonyl (C=O) groups is 1. The van der Waals surface area contributed by atoms with E-state index in [1.807, 2.05) is 13.8 Å². The first-order valence-electron chi connectivity index (χ1n) is 5.64. The zero-order valence-electron chi connectivity index (χ0n) is 10.4. The summed E-state index contributed by atoms with van der Waals surface area (Å²) in [7, 11) is 1.60. The normalized spacial score (nSPS) is 18.6. The van der Waals surface area contributed by atoms with E-state index >= 15 is 0 Å². The fraction of sp³-hybridized carbons (Fsp3) is 0.417. The number of hydrogen-bond donors (Lipinski definition) is 0. The number of ether oxygens (including phenoxy) is 1. The van der Waals surface area contributed by atoms with E-state index in [1.165, 1.54) is 23.1 Å². The number of rotatable bonds is 2. The molecule has 0 saturated carbocycles. The molecule has 0 fully saturated rings. The fourth-order valence-corrected chi connectivity index (χ4v) is 1.90. The van der Waals surface area contributed by atoms with E-state index in [2.05, 4.69) is 0 Å². The zero-order chi connectivity index (χ0) is 13.4. The summed E-state index contributed by atoms with van der Waals surface area (Å²) in [5, 5.41) is 10.7. The van der Waals surface area contributed by atoms with Crippen LogP contribution >= 0.6 is 0 Å². The van der Waals surface area contributed by atoms with E-state index < -0.39 is 11.0 Å². The first kappa shape index (κ1) is 12.3. The molecule has 1 atom stereocenters. The average Bonchev–Trinajstić information content (AvgIpc) is 2.32. The fourth-order valence-electron chi connectivity index (χ4n) is 1.90. The molecular formula is C12H14N2O4. The highest BCUT2D eigenvalue weighted by atomic mass is 16.6. The van der Waals surface area contributed by atoms with Crippen molar-refractivity contribution in [3.05, 3.63) is 28.3 Å². The highest BCUT2D eigenvalue weighted by molar-refractivity contribution is 6.00. The monoisotopic (exact) mass is 250 g/mol. The van der Waals surface area contributed by atoms with E-state index in [0.717, 1.165) is 0 Å². The smallest absolute Gasteiger partial charge is 0.271 e. The predicted octanol–water partition coefficient (Wildman–Crippen LogP) is 1.97. The van der Waals surface area contributed by atoms with Gasteiger partial charge in [0.1, 0.15) is 5.75 Å². The molecule has 1 aliphatic rings. The highest BCUT2D eigenvalue weighted by Gasteiger charge is 2.35. The molecule has 0 bridgehead atoms. The van der Waals surface area contributed by atoms with Crippen LogP contribution in [0.2, 0.25) is 0 Å². The molecule has 96 valence electrons. The SMILES string of the molecule is CC(C)C1Oc2ccc([N+](=O)[O-])cc2N(C)C1=O. The third-order valence-electron chi connectivity index (χ3n) is 2.95. The van der Waals surface area contributed by atoms with Crippen molar-refractivity contribution in [1.29, 1.82) is 0 Å². The number of carbonyl (C=O) groups excluding carboxylic acids is 1. The largest absolute Gasteiger partial charge is 0.478 e. The molecule has 0 N–H and O–H groups in total. The molecule has 0 aliphatic carbocycles. The van der Waals surface area contributed by atoms with Crippen molar-refractivity contribution < 1.29 is 14.5 Å². The number of fused-ring (bicyclic) bond motifs is 1. The van der Waals surface area contributed by atoms with Gasteiger partial charge in [0.05, 0.1) is 10.6 Å². The molecule has 6 heteroatoms. The second-order valence-electron chi connectivity index (χ2n) is 4.59. The van der Waals surface area contributed by atoms with Gasteiger partial charge in [-0.1, -0.05) is 13.8 Å². The van der Waals surface area contributed by atoms with Gasteiger partial charge in [-0.05, 0) is 12.0 Å². The molecule has 1 heterocycles. The molecule has 0 saturated heterocycles. The van der Waals surface area contributed by atoms with Crippen LogP contribution in [0, 0.1) is 16.0 Å². The summed E-state index contributed by atoms with van der Waals surface area (Å²) in [4.78, 5) is 23.7. The molecule has 0 spiro atoms. The highest BCUT2D eigenvalue weighted by Crippen LogP contribution is 2.37. The number of nitro benzene ring substituents is 1. The van der Waals surface area contributed by atoms with Gasteiger partial charge in [-0.25, -0.2) is 0 Å². The summed E-state index contributed by atoms with van der Waals surface area (Å²) in [6, 6.07) is 4.26. The summed E-state index contributed by atoms with van der Waals surface area (Å²) >= 11 is 0. The number of amides is 1. The Labute approximate surface area is 104 Å². The third-order valence-corrected chi connectivity index (χ3v) is 2.95. The van der Waals surface area contributed by atoms with E-state index in [1.54, 1.807) is 7.05 Å². The van der Waals surface area contributed by atoms with Gasteiger partial charge in [0.2, 0.25) is 0 Å². The zero-order valence-corrected chi connectivity index (χ0v) is 10.4. The van der Waals surface area contributed by atoms with Crippen LogP contribution in [0.4, 0.5) is 11.4 Å². The minimum absolute atomic E-state index is 0.0447. The van der Waals surface area contributed by atoms with Crippen molar-refractivity contribution in [3.8, 4) is 5.75 Å². The van der Waals surface area contributed by atoms with Crippen molar-refractivity contribution in [3.63, 3.8) is 0 Å². The Balaban J connectivity index is 2.45. The summed E-state index contributed by atoms with van der Waals surface area (Å²) in [6.45, 7) is 3.79. The van der Waals surface area contributed by atoms with Gasteiger partial charge in [-0.15, -0.1) is 0 Å². The summed E-state index contributed by atoms with van der Waals surface area (Å²) in [5.41, 5.74) is 0.381. The van der Waals surface area contributed by atoms with E-state index in [-0.39, 0.29) is 17.5 Å². The van der Waals surface area contributed by atoms with Gasteiger partial charge in [-0.3, -0.25) is 14.9 Å². The Morgan fingerprint density at radius 1 is 1.44 bits per heavy atom. The Morgan fingerprint density at radius 2 is 2.11 bits per heavy atom. The van der Waals surface area contributed by atoms with Crippen LogP contribution in [0.1, 0.15) is 13.8 Å². The van der Waals surface area contributed by atoms with Gasteiger partial charge < -0.3 is 9.64 Å². The van der Waals surface area contributed by atoms with Crippen molar-refractivity contribution in [2.45, 2.75) is 20.0 Å². The van der Waals surface area contributed by atoms with Crippen LogP contribution in [0.3, 0.4) is 0 Å². The Kier molecular flexibility index (Phi) is 2.94. The molecule has 1 amide bonds. The molecule has 18 heavy (non-hydrogen) atoms. The van der Waals surface area contributed by atoms with Crippen molar-refractivity contribution in [2.24, 2.45) is 5.92 Å². The van der Waals surface area contributed by atoms with Crippen LogP contribution in [-0.2, 0) is 4.79 Å². The number of hydrogen-bond acceptors (Lipinski definition) is 4. The molecule has 1 aliphatic heterocycles. The molecule has 1 aromatic carbocycles. The number of likely N-dealkylation sites (N-methyl/N-ethyl adjacent to an activating group) is 1. The second kappa shape index (κ2) is 4.29. The number of benzene rings is 1. The summed E-state index contributed by atoms with van der Waals surface area (Å²) in [6.07, 6.45) is -0.538. The lowest BCUT2D eigenvalue weighted by atomic mass is 10.0. The lowest BCUT2D eigenvalue weighted by Crippen LogP contribution is -2.46. The maximum Gasteiger partial charge on any atom is 0.271 e. The van der Waals surface area contributed by atoms with Gasteiger partial charge in [0.25, 0.3) is 11.6 Å². The van der Waals surface area contributed by atoms with Gasteiger partial charge in [0, 0.05) is 19.2 Å². The van der Waals surface area contributed by atoms with Crippen LogP contribution in [0.25, 0.3) is 0 Å². The Morgan fingerprint density at radius 3 is 2.67 bits per heavy atom. The van der Waals surface area contributed by atoms with Crippen LogP contribution in [-0.4, -0.2) is 24.0 Å². The van der Waals surface area contributed by atoms with E-state index in [4.69, 9.17) is 4.74 Å². The summed E-state index contributed by atoms with van der Waals surface area (Å²) < 4.78 is 5.60. The van der Waals surface area contributed by atoms with Gasteiger partial charge >= 0.3 is 0 Å². The number of non-ortho nitro benzene ring substituents is 1. The maximum atomic E-state index is 12.0. The van der Waals surface area contributed by atoms with E-state index in [9.17, 15) is 14.9 Å². The summed E-state index contributed by atoms with van der Waals surface area (Å²) in [5.74, 6) is 0.364. The number of anilines is 1. The van der Waals surface area contributed by atoms with Crippen LogP contribution in [0.15, 0.2) is 18.2 Å². The molecule has 6 nitrogen and oxygen atoms in total. The Bertz CT molecular complexity index is 513. The van der Waals surface area contributed by atoms with E-state index in [0.29, 0.717) is 11.4 Å². The molecule has 0 aromatic heterocycles. The molecular weight excluding hydrogens is 236 g/mol. The molecule has 2 rings (SSSR count). The van der Waals surface area contributed by atoms with Gasteiger partial charge in [0.15, 0.2) is 6.10 Å².